The van der Waals surface area contributed by atoms with Gasteiger partial charge in [0.05, 0.1) is 0 Å². The average molecular weight is 370 g/mol. The normalized spacial score (nSPS) is 12.2. The molecular weight excluding hydrogens is 352 g/mol. The summed E-state index contributed by atoms with van der Waals surface area (Å²) in [6.07, 6.45) is 2.66. The highest BCUT2D eigenvalue weighted by atomic mass is 79.9. The monoisotopic (exact) mass is 368 g/mol. The molecule has 0 aliphatic carbocycles. The lowest BCUT2D eigenvalue weighted by atomic mass is 10.1. The third-order valence-electron chi connectivity index (χ3n) is 3.24. The zero-order valence-corrected chi connectivity index (χ0v) is 14.4. The lowest BCUT2D eigenvalue weighted by molar-refractivity contribution is 0.0931. The number of nitrogens with one attached hydrogen (secondary N) is 1. The van der Waals surface area contributed by atoms with E-state index < -0.39 is 0 Å². The van der Waals surface area contributed by atoms with Gasteiger partial charge in [0.15, 0.2) is 0 Å². The van der Waals surface area contributed by atoms with Gasteiger partial charge in [0.1, 0.15) is 5.69 Å². The highest BCUT2D eigenvalue weighted by molar-refractivity contribution is 9.10. The van der Waals surface area contributed by atoms with Crippen molar-refractivity contribution in [2.75, 3.05) is 0 Å². The van der Waals surface area contributed by atoms with Crippen LogP contribution in [0.5, 0.6) is 0 Å². The molecule has 3 nitrogen and oxygen atoms in total. The van der Waals surface area contributed by atoms with E-state index in [9.17, 15) is 4.79 Å². The Bertz CT molecular complexity index is 639. The molecule has 0 aliphatic rings. The summed E-state index contributed by atoms with van der Waals surface area (Å²) in [6.45, 7) is 4.77. The molecule has 0 fully saturated rings. The molecule has 0 aliphatic heterocycles. The molecule has 1 N–H and O–H groups in total. The van der Waals surface area contributed by atoms with Gasteiger partial charge in [0, 0.05) is 28.3 Å². The Balaban J connectivity index is 2.02. The van der Waals surface area contributed by atoms with Crippen LogP contribution in [0, 0.1) is 0 Å². The predicted octanol–water partition coefficient (Wildman–Crippen LogP) is 4.28. The Labute approximate surface area is 138 Å². The Morgan fingerprint density at radius 2 is 2.19 bits per heavy atom. The average Bonchev–Trinajstić information content (AvgIpc) is 2.80. The van der Waals surface area contributed by atoms with Crippen molar-refractivity contribution in [3.05, 3.63) is 57.3 Å². The number of rotatable bonds is 5. The van der Waals surface area contributed by atoms with Crippen LogP contribution in [0.1, 0.15) is 29.9 Å². The van der Waals surface area contributed by atoms with Gasteiger partial charge in [0.25, 0.3) is 5.91 Å². The van der Waals surface area contributed by atoms with E-state index in [0.29, 0.717) is 5.69 Å². The van der Waals surface area contributed by atoms with Gasteiger partial charge in [-0.05, 0) is 60.0 Å². The number of aromatic nitrogens is 1. The smallest absolute Gasteiger partial charge is 0.268 e. The molecule has 1 atom stereocenters. The van der Waals surface area contributed by atoms with Crippen LogP contribution < -0.4 is 5.32 Å². The van der Waals surface area contributed by atoms with E-state index in [0.717, 1.165) is 28.0 Å². The molecular formula is C16H18BrClN2O. The van der Waals surface area contributed by atoms with Crippen molar-refractivity contribution in [3.63, 3.8) is 0 Å². The molecule has 112 valence electrons. The standard InChI is InChI=1S/C16H18BrClN2O/c1-3-20-10-13(17)9-15(20)16(21)19-11(2)7-12-5-4-6-14(18)8-12/h4-6,8-11H,3,7H2,1-2H3,(H,19,21). The van der Waals surface area contributed by atoms with Crippen LogP contribution in [0.25, 0.3) is 0 Å². The SMILES string of the molecule is CCn1cc(Br)cc1C(=O)NC(C)Cc1cccc(Cl)c1. The summed E-state index contributed by atoms with van der Waals surface area (Å²) >= 11 is 9.38. The molecule has 0 radical (unpaired) electrons. The van der Waals surface area contributed by atoms with Crippen LogP contribution in [0.2, 0.25) is 5.02 Å². The first-order chi connectivity index (χ1) is 9.99. The Kier molecular flexibility index (Phi) is 5.48. The molecule has 2 rings (SSSR count). The van der Waals surface area contributed by atoms with Gasteiger partial charge in [-0.25, -0.2) is 0 Å². The predicted molar refractivity (Wildman–Crippen MR) is 89.9 cm³/mol. The van der Waals surface area contributed by atoms with Gasteiger partial charge < -0.3 is 9.88 Å². The molecule has 0 saturated carbocycles. The topological polar surface area (TPSA) is 34.0 Å². The maximum atomic E-state index is 12.3. The van der Waals surface area contributed by atoms with Gasteiger partial charge in [-0.15, -0.1) is 0 Å². The molecule has 1 aromatic heterocycles. The van der Waals surface area contributed by atoms with Crippen molar-refractivity contribution in [1.29, 1.82) is 0 Å². The number of halogens is 2. The first-order valence-corrected chi connectivity index (χ1v) is 8.07. The lowest BCUT2D eigenvalue weighted by Crippen LogP contribution is -2.35. The first-order valence-electron chi connectivity index (χ1n) is 6.90. The highest BCUT2D eigenvalue weighted by Crippen LogP contribution is 2.16. The summed E-state index contributed by atoms with van der Waals surface area (Å²) in [6, 6.07) is 9.58. The second-order valence-electron chi connectivity index (χ2n) is 5.04. The quantitative estimate of drug-likeness (QED) is 0.838. The summed E-state index contributed by atoms with van der Waals surface area (Å²) in [4.78, 5) is 12.3. The minimum atomic E-state index is -0.0583. The second-order valence-corrected chi connectivity index (χ2v) is 6.39. The van der Waals surface area contributed by atoms with Crippen molar-refractivity contribution in [2.24, 2.45) is 0 Å². The summed E-state index contributed by atoms with van der Waals surface area (Å²) in [5, 5.41) is 3.75. The van der Waals surface area contributed by atoms with Crippen LogP contribution in [0.3, 0.4) is 0 Å². The van der Waals surface area contributed by atoms with Crippen molar-refractivity contribution < 1.29 is 4.79 Å². The molecule has 0 bridgehead atoms. The molecule has 0 spiro atoms. The van der Waals surface area contributed by atoms with Gasteiger partial charge in [0.2, 0.25) is 0 Å². The van der Waals surface area contributed by atoms with Crippen LogP contribution in [-0.4, -0.2) is 16.5 Å². The maximum Gasteiger partial charge on any atom is 0.268 e. The summed E-state index contributed by atoms with van der Waals surface area (Å²) in [5.74, 6) is -0.0583. The fourth-order valence-corrected chi connectivity index (χ4v) is 2.97. The number of aryl methyl sites for hydroxylation is 1. The number of carbonyl (C=O) groups excluding carboxylic acids is 1. The number of hydrogen-bond acceptors (Lipinski definition) is 1. The summed E-state index contributed by atoms with van der Waals surface area (Å²) in [7, 11) is 0. The highest BCUT2D eigenvalue weighted by Gasteiger charge is 2.15. The fraction of sp³-hybridized carbons (Fsp3) is 0.312. The second kappa shape index (κ2) is 7.14. The van der Waals surface area contributed by atoms with E-state index in [1.807, 2.05) is 54.9 Å². The van der Waals surface area contributed by atoms with Crippen molar-refractivity contribution >= 4 is 33.4 Å². The van der Waals surface area contributed by atoms with Crippen LogP contribution >= 0.6 is 27.5 Å². The minimum Gasteiger partial charge on any atom is -0.348 e. The molecule has 21 heavy (non-hydrogen) atoms. The number of amides is 1. The van der Waals surface area contributed by atoms with Crippen molar-refractivity contribution in [1.82, 2.24) is 9.88 Å². The molecule has 1 aromatic carbocycles. The molecule has 1 heterocycles. The minimum absolute atomic E-state index is 0.0370. The molecule has 0 saturated heterocycles. The van der Waals surface area contributed by atoms with E-state index in [2.05, 4.69) is 21.2 Å². The van der Waals surface area contributed by atoms with E-state index >= 15 is 0 Å². The first kappa shape index (κ1) is 16.1. The van der Waals surface area contributed by atoms with E-state index in [1.165, 1.54) is 0 Å². The maximum absolute atomic E-state index is 12.3. The fourth-order valence-electron chi connectivity index (χ4n) is 2.29. The van der Waals surface area contributed by atoms with Crippen LogP contribution in [0.4, 0.5) is 0 Å². The van der Waals surface area contributed by atoms with Gasteiger partial charge >= 0.3 is 0 Å². The largest absolute Gasteiger partial charge is 0.348 e. The Morgan fingerprint density at radius 1 is 1.43 bits per heavy atom. The summed E-state index contributed by atoms with van der Waals surface area (Å²) < 4.78 is 2.84. The third kappa shape index (κ3) is 4.35. The Hall–Kier alpha value is -1.26. The lowest BCUT2D eigenvalue weighted by Gasteiger charge is -2.15. The zero-order valence-electron chi connectivity index (χ0n) is 12.1. The molecule has 5 heteroatoms. The van der Waals surface area contributed by atoms with Gasteiger partial charge in [-0.2, -0.15) is 0 Å². The van der Waals surface area contributed by atoms with E-state index in [1.54, 1.807) is 0 Å². The van der Waals surface area contributed by atoms with Gasteiger partial charge in [-0.3, -0.25) is 4.79 Å². The molecule has 2 aromatic rings. The summed E-state index contributed by atoms with van der Waals surface area (Å²) in [5.41, 5.74) is 1.78. The third-order valence-corrected chi connectivity index (χ3v) is 3.91. The number of nitrogens with zero attached hydrogens (tertiary/aromatic N) is 1. The zero-order chi connectivity index (χ0) is 15.4. The van der Waals surface area contributed by atoms with Crippen molar-refractivity contribution in [3.8, 4) is 0 Å². The van der Waals surface area contributed by atoms with E-state index in [-0.39, 0.29) is 11.9 Å². The Morgan fingerprint density at radius 3 is 2.86 bits per heavy atom. The van der Waals surface area contributed by atoms with E-state index in [4.69, 9.17) is 11.6 Å². The number of carbonyl (C=O) groups is 1. The van der Waals surface area contributed by atoms with Gasteiger partial charge in [-0.1, -0.05) is 23.7 Å². The van der Waals surface area contributed by atoms with Crippen molar-refractivity contribution in [2.45, 2.75) is 32.9 Å². The molecule has 1 amide bonds. The van der Waals surface area contributed by atoms with Crippen LogP contribution in [-0.2, 0) is 13.0 Å². The van der Waals surface area contributed by atoms with Crippen LogP contribution in [0.15, 0.2) is 41.0 Å². The molecule has 1 unspecified atom stereocenters. The number of hydrogen-bond donors (Lipinski definition) is 1. The number of benzene rings is 1.